The van der Waals surface area contributed by atoms with Crippen LogP contribution in [-0.2, 0) is 22.6 Å². The third-order valence-corrected chi connectivity index (χ3v) is 5.40. The van der Waals surface area contributed by atoms with E-state index in [1.165, 1.54) is 17.5 Å². The normalized spacial score (nSPS) is 14.7. The van der Waals surface area contributed by atoms with E-state index in [2.05, 4.69) is 10.3 Å². The third-order valence-electron chi connectivity index (χ3n) is 4.53. The first kappa shape index (κ1) is 19.7. The number of carbonyl (C=O) groups is 2. The molecule has 0 aliphatic carbocycles. The molecule has 2 aromatic rings. The lowest BCUT2D eigenvalue weighted by atomic mass is 10.0. The van der Waals surface area contributed by atoms with Crippen LogP contribution in [0.4, 0.5) is 0 Å². The lowest BCUT2D eigenvalue weighted by Gasteiger charge is -2.31. The number of hydrogen-bond donors (Lipinski definition) is 1. The van der Waals surface area contributed by atoms with Crippen molar-refractivity contribution in [1.29, 1.82) is 0 Å². The molecule has 0 saturated heterocycles. The Morgan fingerprint density at radius 2 is 2.19 bits per heavy atom. The average molecular weight is 409 g/mol. The SMILES string of the molecule is CSCC[C@H](NC(C)=O)C(=O)N1CCc2nc3ccc(Cl)cn3c(=O)c2C1. The highest BCUT2D eigenvalue weighted by Crippen LogP contribution is 2.18. The molecule has 1 aliphatic heterocycles. The Balaban J connectivity index is 1.89. The van der Waals surface area contributed by atoms with Crippen LogP contribution in [0.5, 0.6) is 0 Å². The maximum Gasteiger partial charge on any atom is 0.263 e. The summed E-state index contributed by atoms with van der Waals surface area (Å²) in [5.41, 5.74) is 1.54. The smallest absolute Gasteiger partial charge is 0.263 e. The van der Waals surface area contributed by atoms with Crippen LogP contribution in [0.2, 0.25) is 5.02 Å². The van der Waals surface area contributed by atoms with Gasteiger partial charge < -0.3 is 10.2 Å². The van der Waals surface area contributed by atoms with Gasteiger partial charge in [0.2, 0.25) is 11.8 Å². The van der Waals surface area contributed by atoms with Crippen LogP contribution >= 0.6 is 23.4 Å². The number of carbonyl (C=O) groups excluding carboxylic acids is 2. The molecule has 0 radical (unpaired) electrons. The van der Waals surface area contributed by atoms with Crippen molar-refractivity contribution in [2.75, 3.05) is 18.6 Å². The molecule has 0 fully saturated rings. The Hall–Kier alpha value is -2.06. The van der Waals surface area contributed by atoms with E-state index >= 15 is 0 Å². The van der Waals surface area contributed by atoms with Gasteiger partial charge in [-0.05, 0) is 30.6 Å². The topological polar surface area (TPSA) is 83.8 Å². The molecule has 7 nitrogen and oxygen atoms in total. The second kappa shape index (κ2) is 8.31. The van der Waals surface area contributed by atoms with E-state index in [0.29, 0.717) is 41.3 Å². The van der Waals surface area contributed by atoms with Gasteiger partial charge in [0.15, 0.2) is 0 Å². The summed E-state index contributed by atoms with van der Waals surface area (Å²) in [6, 6.07) is 2.82. The predicted molar refractivity (Wildman–Crippen MR) is 106 cm³/mol. The molecule has 1 aliphatic rings. The van der Waals surface area contributed by atoms with E-state index in [0.717, 1.165) is 5.75 Å². The summed E-state index contributed by atoms with van der Waals surface area (Å²) in [6.45, 7) is 2.05. The number of nitrogens with zero attached hydrogens (tertiary/aromatic N) is 3. The minimum absolute atomic E-state index is 0.166. The molecule has 144 valence electrons. The van der Waals surface area contributed by atoms with E-state index < -0.39 is 6.04 Å². The average Bonchev–Trinajstić information content (AvgIpc) is 2.65. The summed E-state index contributed by atoms with van der Waals surface area (Å²) in [5.74, 6) is 0.351. The van der Waals surface area contributed by atoms with Crippen molar-refractivity contribution in [2.45, 2.75) is 32.4 Å². The van der Waals surface area contributed by atoms with Gasteiger partial charge in [0.05, 0.1) is 22.8 Å². The van der Waals surface area contributed by atoms with Crippen LogP contribution in [0, 0.1) is 0 Å². The Morgan fingerprint density at radius 3 is 2.89 bits per heavy atom. The van der Waals surface area contributed by atoms with Crippen LogP contribution < -0.4 is 10.9 Å². The van der Waals surface area contributed by atoms with Crippen LogP contribution in [-0.4, -0.2) is 50.7 Å². The Labute approximate surface area is 166 Å². The zero-order valence-electron chi connectivity index (χ0n) is 15.2. The van der Waals surface area contributed by atoms with Crippen molar-refractivity contribution >= 4 is 40.8 Å². The molecular formula is C18H21ClN4O3S. The lowest BCUT2D eigenvalue weighted by Crippen LogP contribution is -2.50. The van der Waals surface area contributed by atoms with E-state index in [9.17, 15) is 14.4 Å². The number of thioether (sulfide) groups is 1. The molecule has 2 amide bonds. The Morgan fingerprint density at radius 1 is 1.41 bits per heavy atom. The lowest BCUT2D eigenvalue weighted by molar-refractivity contribution is -0.137. The number of pyridine rings is 1. The van der Waals surface area contributed by atoms with Gasteiger partial charge in [-0.15, -0.1) is 0 Å². The summed E-state index contributed by atoms with van der Waals surface area (Å²) in [5, 5.41) is 3.17. The number of nitrogens with one attached hydrogen (secondary N) is 1. The fourth-order valence-corrected chi connectivity index (χ4v) is 3.85. The van der Waals surface area contributed by atoms with Crippen molar-refractivity contribution in [3.63, 3.8) is 0 Å². The van der Waals surface area contributed by atoms with Gasteiger partial charge in [0.1, 0.15) is 11.7 Å². The third kappa shape index (κ3) is 4.27. The summed E-state index contributed by atoms with van der Waals surface area (Å²) in [7, 11) is 0. The minimum atomic E-state index is -0.581. The second-order valence-corrected chi connectivity index (χ2v) is 7.88. The number of fused-ring (bicyclic) bond motifs is 2. The van der Waals surface area contributed by atoms with Crippen molar-refractivity contribution in [3.8, 4) is 0 Å². The molecular weight excluding hydrogens is 388 g/mol. The molecule has 0 spiro atoms. The van der Waals surface area contributed by atoms with Gasteiger partial charge in [0, 0.05) is 26.1 Å². The van der Waals surface area contributed by atoms with Crippen molar-refractivity contribution in [3.05, 3.63) is 45.0 Å². The predicted octanol–water partition coefficient (Wildman–Crippen LogP) is 1.49. The molecule has 2 aromatic heterocycles. The van der Waals surface area contributed by atoms with E-state index in [1.54, 1.807) is 28.8 Å². The van der Waals surface area contributed by atoms with Crippen molar-refractivity contribution in [1.82, 2.24) is 19.6 Å². The Bertz CT molecular complexity index is 946. The van der Waals surface area contributed by atoms with E-state index in [-0.39, 0.29) is 23.9 Å². The molecule has 27 heavy (non-hydrogen) atoms. The van der Waals surface area contributed by atoms with Crippen LogP contribution in [0.15, 0.2) is 23.1 Å². The van der Waals surface area contributed by atoms with Gasteiger partial charge in [-0.2, -0.15) is 11.8 Å². The van der Waals surface area contributed by atoms with Gasteiger partial charge >= 0.3 is 0 Å². The van der Waals surface area contributed by atoms with Crippen molar-refractivity contribution < 1.29 is 9.59 Å². The summed E-state index contributed by atoms with van der Waals surface area (Å²) < 4.78 is 1.41. The summed E-state index contributed by atoms with van der Waals surface area (Å²) in [6.07, 6.45) is 4.54. The van der Waals surface area contributed by atoms with Crippen LogP contribution in [0.1, 0.15) is 24.6 Å². The second-order valence-electron chi connectivity index (χ2n) is 6.46. The van der Waals surface area contributed by atoms with E-state index in [1.807, 2.05) is 6.26 Å². The number of rotatable bonds is 5. The number of aromatic nitrogens is 2. The highest BCUT2D eigenvalue weighted by molar-refractivity contribution is 7.98. The number of hydrogen-bond acceptors (Lipinski definition) is 5. The first-order chi connectivity index (χ1) is 12.9. The Kier molecular flexibility index (Phi) is 6.06. The highest BCUT2D eigenvalue weighted by Gasteiger charge is 2.29. The van der Waals surface area contributed by atoms with Gasteiger partial charge in [0.25, 0.3) is 5.56 Å². The van der Waals surface area contributed by atoms with Gasteiger partial charge in [-0.1, -0.05) is 11.6 Å². The summed E-state index contributed by atoms with van der Waals surface area (Å²) >= 11 is 7.61. The van der Waals surface area contributed by atoms with Crippen LogP contribution in [0.3, 0.4) is 0 Å². The molecule has 0 saturated carbocycles. The monoisotopic (exact) mass is 408 g/mol. The zero-order valence-corrected chi connectivity index (χ0v) is 16.8. The number of amides is 2. The number of halogens is 1. The quantitative estimate of drug-likeness (QED) is 0.810. The van der Waals surface area contributed by atoms with Crippen molar-refractivity contribution in [2.24, 2.45) is 0 Å². The first-order valence-electron chi connectivity index (χ1n) is 8.65. The minimum Gasteiger partial charge on any atom is -0.345 e. The van der Waals surface area contributed by atoms with Crippen LogP contribution in [0.25, 0.3) is 5.65 Å². The summed E-state index contributed by atoms with van der Waals surface area (Å²) in [4.78, 5) is 43.4. The molecule has 1 atom stereocenters. The largest absolute Gasteiger partial charge is 0.345 e. The highest BCUT2D eigenvalue weighted by atomic mass is 35.5. The molecule has 3 rings (SSSR count). The van der Waals surface area contributed by atoms with Gasteiger partial charge in [-0.25, -0.2) is 4.98 Å². The van der Waals surface area contributed by atoms with E-state index in [4.69, 9.17) is 11.6 Å². The zero-order chi connectivity index (χ0) is 19.6. The molecule has 0 bridgehead atoms. The first-order valence-corrected chi connectivity index (χ1v) is 10.4. The molecule has 0 aromatic carbocycles. The fraction of sp³-hybridized carbons (Fsp3) is 0.444. The maximum absolute atomic E-state index is 12.9. The molecule has 3 heterocycles. The molecule has 0 unspecified atom stereocenters. The van der Waals surface area contributed by atoms with Gasteiger partial charge in [-0.3, -0.25) is 18.8 Å². The maximum atomic E-state index is 12.9. The molecule has 1 N–H and O–H groups in total. The standard InChI is InChI=1S/C18H21ClN4O3S/c1-11(24)20-15(6-8-27-2)18(26)22-7-5-14-13(10-22)17(25)23-9-12(19)3-4-16(23)21-14/h3-4,9,15H,5-8,10H2,1-2H3,(H,20,24)/t15-/m0/s1. The molecule has 9 heteroatoms. The fourth-order valence-electron chi connectivity index (χ4n) is 3.22.